The van der Waals surface area contributed by atoms with Gasteiger partial charge in [0.1, 0.15) is 0 Å². The second-order valence-electron chi connectivity index (χ2n) is 7.96. The molecule has 2 aromatic heterocycles. The van der Waals surface area contributed by atoms with Crippen LogP contribution in [0.4, 0.5) is 0 Å². The summed E-state index contributed by atoms with van der Waals surface area (Å²) in [5.74, 6) is 0.978. The highest BCUT2D eigenvalue weighted by Gasteiger charge is 2.45. The van der Waals surface area contributed by atoms with E-state index in [1.165, 1.54) is 11.3 Å². The van der Waals surface area contributed by atoms with Crippen molar-refractivity contribution in [3.8, 4) is 10.7 Å². The Kier molecular flexibility index (Phi) is 9.32. The number of rotatable bonds is 8. The molecule has 170 valence electrons. The van der Waals surface area contributed by atoms with Gasteiger partial charge in [0.05, 0.1) is 16.9 Å². The molecule has 4 heterocycles. The molecule has 1 amide bonds. The molecule has 0 radical (unpaired) electrons. The van der Waals surface area contributed by atoms with Crippen LogP contribution in [0.25, 0.3) is 10.7 Å². The van der Waals surface area contributed by atoms with E-state index in [9.17, 15) is 9.90 Å². The Morgan fingerprint density at radius 2 is 2.03 bits per heavy atom. The number of thiazole rings is 1. The molecule has 31 heavy (non-hydrogen) atoms. The standard InChI is InChI=1S/C15H29N3O2.C7H5N3S/c1-3-4-12(7-10-19)17-8-5-14-13(17)6-9-18(14)15(20)11-16-2;1-2-9-7(10-3-1)6-4-8-5-11-6/h12-14,16,19H,3-11H2,1-2H3;1-5H. The van der Waals surface area contributed by atoms with Crippen molar-refractivity contribution in [2.45, 2.75) is 57.2 Å². The van der Waals surface area contributed by atoms with Gasteiger partial charge in [0.2, 0.25) is 5.91 Å². The van der Waals surface area contributed by atoms with E-state index in [-0.39, 0.29) is 12.5 Å². The van der Waals surface area contributed by atoms with Crippen LogP contribution in [0, 0.1) is 0 Å². The van der Waals surface area contributed by atoms with Gasteiger partial charge in [-0.15, -0.1) is 11.3 Å². The van der Waals surface area contributed by atoms with E-state index < -0.39 is 0 Å². The third-order valence-electron chi connectivity index (χ3n) is 6.04. The first-order valence-corrected chi connectivity index (χ1v) is 12.0. The predicted molar refractivity (Wildman–Crippen MR) is 123 cm³/mol. The number of fused-ring (bicyclic) bond motifs is 1. The van der Waals surface area contributed by atoms with Crippen molar-refractivity contribution in [1.29, 1.82) is 0 Å². The summed E-state index contributed by atoms with van der Waals surface area (Å²) in [6.45, 7) is 4.88. The molecule has 0 aliphatic carbocycles. The van der Waals surface area contributed by atoms with Crippen molar-refractivity contribution >= 4 is 17.2 Å². The molecule has 3 unspecified atom stereocenters. The fraction of sp³-hybridized carbons (Fsp3) is 0.636. The number of hydrogen-bond acceptors (Lipinski definition) is 8. The van der Waals surface area contributed by atoms with Gasteiger partial charge in [-0.1, -0.05) is 13.3 Å². The van der Waals surface area contributed by atoms with Crippen molar-refractivity contribution in [2.75, 3.05) is 33.3 Å². The Bertz CT molecular complexity index is 770. The number of aromatic nitrogens is 3. The number of carbonyl (C=O) groups is 1. The van der Waals surface area contributed by atoms with Gasteiger partial charge in [0, 0.05) is 56.4 Å². The molecule has 0 saturated carbocycles. The van der Waals surface area contributed by atoms with E-state index in [0.717, 1.165) is 55.9 Å². The molecule has 0 spiro atoms. The van der Waals surface area contributed by atoms with Crippen LogP contribution in [-0.4, -0.2) is 87.2 Å². The average Bonchev–Trinajstić information content (AvgIpc) is 3.53. The lowest BCUT2D eigenvalue weighted by molar-refractivity contribution is -0.131. The van der Waals surface area contributed by atoms with Gasteiger partial charge in [0.15, 0.2) is 5.82 Å². The zero-order valence-corrected chi connectivity index (χ0v) is 19.3. The summed E-state index contributed by atoms with van der Waals surface area (Å²) < 4.78 is 0. The molecule has 2 aliphatic heterocycles. The summed E-state index contributed by atoms with van der Waals surface area (Å²) in [5.41, 5.74) is 1.77. The molecule has 9 heteroatoms. The molecule has 0 bridgehead atoms. The molecule has 0 aromatic carbocycles. The lowest BCUT2D eigenvalue weighted by atomic mass is 10.0. The molecule has 2 N–H and O–H groups in total. The zero-order valence-electron chi connectivity index (χ0n) is 18.5. The summed E-state index contributed by atoms with van der Waals surface area (Å²) >= 11 is 1.54. The van der Waals surface area contributed by atoms with Crippen molar-refractivity contribution in [3.05, 3.63) is 30.2 Å². The Balaban J connectivity index is 0.000000207. The van der Waals surface area contributed by atoms with E-state index in [4.69, 9.17) is 0 Å². The Morgan fingerprint density at radius 1 is 1.26 bits per heavy atom. The molecule has 2 aromatic rings. The molecule has 2 aliphatic rings. The average molecular weight is 447 g/mol. The topological polar surface area (TPSA) is 94.5 Å². The molecular weight excluding hydrogens is 412 g/mol. The van der Waals surface area contributed by atoms with Crippen LogP contribution >= 0.6 is 11.3 Å². The third-order valence-corrected chi connectivity index (χ3v) is 6.81. The van der Waals surface area contributed by atoms with Gasteiger partial charge in [-0.2, -0.15) is 0 Å². The lowest BCUT2D eigenvalue weighted by Gasteiger charge is -2.32. The van der Waals surface area contributed by atoms with E-state index in [2.05, 4.69) is 37.0 Å². The second kappa shape index (κ2) is 12.2. The van der Waals surface area contributed by atoms with Crippen LogP contribution in [0.1, 0.15) is 39.0 Å². The molecule has 8 nitrogen and oxygen atoms in total. The van der Waals surface area contributed by atoms with E-state index in [0.29, 0.717) is 24.7 Å². The first-order valence-electron chi connectivity index (χ1n) is 11.2. The zero-order chi connectivity index (χ0) is 22.1. The van der Waals surface area contributed by atoms with Crippen LogP contribution < -0.4 is 5.32 Å². The minimum absolute atomic E-state index is 0.232. The molecule has 2 saturated heterocycles. The highest BCUT2D eigenvalue weighted by atomic mass is 32.1. The number of amides is 1. The first kappa shape index (κ1) is 23.7. The van der Waals surface area contributed by atoms with E-state index >= 15 is 0 Å². The highest BCUT2D eigenvalue weighted by Crippen LogP contribution is 2.34. The minimum atomic E-state index is 0.232. The van der Waals surface area contributed by atoms with E-state index in [1.54, 1.807) is 30.2 Å². The number of carbonyl (C=O) groups excluding carboxylic acids is 1. The third kappa shape index (κ3) is 6.06. The summed E-state index contributed by atoms with van der Waals surface area (Å²) in [5, 5.41) is 12.2. The quantitative estimate of drug-likeness (QED) is 0.641. The van der Waals surface area contributed by atoms with Crippen LogP contribution in [0.2, 0.25) is 0 Å². The number of aliphatic hydroxyl groups is 1. The number of nitrogens with one attached hydrogen (secondary N) is 1. The Labute approximate surface area is 188 Å². The fourth-order valence-electron chi connectivity index (χ4n) is 4.75. The Hall–Kier alpha value is -1.94. The monoisotopic (exact) mass is 446 g/mol. The fourth-order valence-corrected chi connectivity index (χ4v) is 5.31. The van der Waals surface area contributed by atoms with Crippen LogP contribution in [0.5, 0.6) is 0 Å². The number of hydrogen-bond donors (Lipinski definition) is 2. The van der Waals surface area contributed by atoms with Crippen LogP contribution in [0.15, 0.2) is 30.2 Å². The SMILES string of the molecule is CCCC(CCO)N1CCC2C1CCN2C(=O)CNC.c1cnc(-c2cncs2)nc1. The van der Waals surface area contributed by atoms with Gasteiger partial charge in [-0.05, 0) is 38.8 Å². The van der Waals surface area contributed by atoms with Crippen molar-refractivity contribution in [3.63, 3.8) is 0 Å². The maximum absolute atomic E-state index is 12.1. The number of nitrogens with zero attached hydrogens (tertiary/aromatic N) is 5. The van der Waals surface area contributed by atoms with Gasteiger partial charge < -0.3 is 15.3 Å². The maximum atomic E-state index is 12.1. The number of likely N-dealkylation sites (N-methyl/N-ethyl adjacent to an activating group) is 1. The van der Waals surface area contributed by atoms with Crippen molar-refractivity contribution in [2.24, 2.45) is 0 Å². The molecule has 4 rings (SSSR count). The summed E-state index contributed by atoms with van der Waals surface area (Å²) in [7, 11) is 1.82. The van der Waals surface area contributed by atoms with E-state index in [1.807, 2.05) is 7.05 Å². The first-order chi connectivity index (χ1) is 15.2. The number of likely N-dealkylation sites (tertiary alicyclic amines) is 2. The van der Waals surface area contributed by atoms with Gasteiger partial charge in [-0.3, -0.25) is 14.7 Å². The minimum Gasteiger partial charge on any atom is -0.396 e. The molecule has 3 atom stereocenters. The maximum Gasteiger partial charge on any atom is 0.236 e. The van der Waals surface area contributed by atoms with Crippen molar-refractivity contribution in [1.82, 2.24) is 30.1 Å². The van der Waals surface area contributed by atoms with Crippen molar-refractivity contribution < 1.29 is 9.90 Å². The normalized spacial score (nSPS) is 21.5. The van der Waals surface area contributed by atoms with Gasteiger partial charge >= 0.3 is 0 Å². The van der Waals surface area contributed by atoms with Gasteiger partial charge in [-0.25, -0.2) is 9.97 Å². The highest BCUT2D eigenvalue weighted by molar-refractivity contribution is 7.13. The van der Waals surface area contributed by atoms with Gasteiger partial charge in [0.25, 0.3) is 0 Å². The second-order valence-corrected chi connectivity index (χ2v) is 8.85. The molecular formula is C22H34N6O2S. The Morgan fingerprint density at radius 3 is 2.68 bits per heavy atom. The van der Waals surface area contributed by atoms with Crippen LogP contribution in [0.3, 0.4) is 0 Å². The van der Waals surface area contributed by atoms with Crippen LogP contribution in [-0.2, 0) is 4.79 Å². The largest absolute Gasteiger partial charge is 0.396 e. The lowest BCUT2D eigenvalue weighted by Crippen LogP contribution is -2.45. The molecule has 2 fully saturated rings. The predicted octanol–water partition coefficient (Wildman–Crippen LogP) is 2.03. The number of aliphatic hydroxyl groups excluding tert-OH is 1. The summed E-state index contributed by atoms with van der Waals surface area (Å²) in [4.78, 5) is 29.9. The summed E-state index contributed by atoms with van der Waals surface area (Å²) in [6.07, 6.45) is 10.6. The summed E-state index contributed by atoms with van der Waals surface area (Å²) in [6, 6.07) is 3.19. The smallest absolute Gasteiger partial charge is 0.236 e.